The molecule has 0 atom stereocenters. The lowest BCUT2D eigenvalue weighted by Crippen LogP contribution is -2.39. The van der Waals surface area contributed by atoms with E-state index in [4.69, 9.17) is 4.42 Å². The number of sulfone groups is 1. The molecule has 0 amide bonds. The first-order valence-electron chi connectivity index (χ1n) is 13.1. The van der Waals surface area contributed by atoms with Gasteiger partial charge in [0.2, 0.25) is 0 Å². The number of nitrogens with zero attached hydrogens (tertiary/aromatic N) is 2. The Morgan fingerprint density at radius 1 is 1.05 bits per heavy atom. The molecule has 1 fully saturated rings. The smallest absolute Gasteiger partial charge is 0.416 e. The van der Waals surface area contributed by atoms with Gasteiger partial charge in [-0.1, -0.05) is 24.6 Å². The zero-order chi connectivity index (χ0) is 31.3. The third-order valence-electron chi connectivity index (χ3n) is 7.22. The molecule has 0 saturated heterocycles. The number of aromatic nitrogens is 1. The van der Waals surface area contributed by atoms with Crippen LogP contribution in [0.2, 0.25) is 0 Å². The van der Waals surface area contributed by atoms with Gasteiger partial charge in [-0.2, -0.15) is 13.2 Å². The maximum Gasteiger partial charge on any atom is 0.416 e. The minimum atomic E-state index is -4.42. The SMILES string of the molecule is CS(=O)(=O)c1ccc([N+](=O)[O-])cc1.O=C(CNc1ccc(-c2cnco2)cc1)CC1(c2ccccc2C(F)(F)F)CCC1. The Morgan fingerprint density at radius 3 is 2.21 bits per heavy atom. The van der Waals surface area contributed by atoms with Crippen LogP contribution in [-0.4, -0.2) is 36.9 Å². The number of carbonyl (C=O) groups is 1. The molecule has 0 bridgehead atoms. The normalized spacial score (nSPS) is 14.1. The summed E-state index contributed by atoms with van der Waals surface area (Å²) in [6, 6.07) is 17.7. The average Bonchev–Trinajstić information content (AvgIpc) is 3.49. The van der Waals surface area contributed by atoms with E-state index in [-0.39, 0.29) is 34.9 Å². The Kier molecular flexibility index (Phi) is 9.34. The summed E-state index contributed by atoms with van der Waals surface area (Å²) in [6.45, 7) is 0.0671. The maximum absolute atomic E-state index is 13.5. The molecule has 1 aliphatic rings. The van der Waals surface area contributed by atoms with Gasteiger partial charge in [0, 0.05) is 41.5 Å². The standard InChI is InChI=1S/C23H21F3N2O2.C7H7NO4S/c24-23(25,26)20-5-2-1-4-19(20)22(10-3-11-22)12-18(29)13-28-17-8-6-16(7-9-17)21-14-27-15-30-21;1-13(11,12)7-4-2-6(3-5-7)8(9)10/h1-2,4-9,14-15,28H,3,10-13H2;2-5H,1H3. The Hall–Kier alpha value is -4.52. The topological polar surface area (TPSA) is 132 Å². The largest absolute Gasteiger partial charge is 0.444 e. The maximum atomic E-state index is 13.5. The van der Waals surface area contributed by atoms with Gasteiger partial charge in [-0.15, -0.1) is 0 Å². The van der Waals surface area contributed by atoms with E-state index < -0.39 is 31.9 Å². The van der Waals surface area contributed by atoms with Crippen molar-refractivity contribution in [3.63, 3.8) is 0 Å². The number of benzene rings is 3. The number of hydrogen-bond acceptors (Lipinski definition) is 8. The molecule has 43 heavy (non-hydrogen) atoms. The second-order valence-electron chi connectivity index (χ2n) is 10.2. The van der Waals surface area contributed by atoms with Crippen LogP contribution in [0.3, 0.4) is 0 Å². The number of ketones is 1. The molecular weight excluding hydrogens is 587 g/mol. The summed E-state index contributed by atoms with van der Waals surface area (Å²) in [5.41, 5.74) is 0.391. The van der Waals surface area contributed by atoms with Gasteiger partial charge in [0.25, 0.3) is 5.69 Å². The predicted molar refractivity (Wildman–Crippen MR) is 153 cm³/mol. The highest BCUT2D eigenvalue weighted by molar-refractivity contribution is 7.90. The predicted octanol–water partition coefficient (Wildman–Crippen LogP) is 6.85. The minimum absolute atomic E-state index is 0.0671. The van der Waals surface area contributed by atoms with Gasteiger partial charge in [0.15, 0.2) is 27.8 Å². The number of Topliss-reactive ketones (excluding diaryl/α,β-unsaturated/α-hetero) is 1. The molecule has 1 aromatic heterocycles. The second-order valence-corrected chi connectivity index (χ2v) is 12.2. The van der Waals surface area contributed by atoms with Crippen molar-refractivity contribution in [2.24, 2.45) is 0 Å². The zero-order valence-electron chi connectivity index (χ0n) is 23.0. The molecule has 3 aromatic carbocycles. The summed E-state index contributed by atoms with van der Waals surface area (Å²) in [6.07, 6.45) is 1.71. The van der Waals surface area contributed by atoms with Crippen molar-refractivity contribution >= 4 is 27.0 Å². The van der Waals surface area contributed by atoms with E-state index in [1.54, 1.807) is 12.3 Å². The van der Waals surface area contributed by atoms with Crippen LogP contribution >= 0.6 is 0 Å². The number of nitrogens with one attached hydrogen (secondary N) is 1. The van der Waals surface area contributed by atoms with Gasteiger partial charge in [-0.3, -0.25) is 14.9 Å². The summed E-state index contributed by atoms with van der Waals surface area (Å²) in [7, 11) is -3.27. The number of carbonyl (C=O) groups excluding carboxylic acids is 1. The zero-order valence-corrected chi connectivity index (χ0v) is 23.8. The number of hydrogen-bond donors (Lipinski definition) is 1. The Morgan fingerprint density at radius 2 is 1.70 bits per heavy atom. The first kappa shape index (κ1) is 31.4. The highest BCUT2D eigenvalue weighted by atomic mass is 32.2. The number of nitro benzene ring substituents is 1. The van der Waals surface area contributed by atoms with Gasteiger partial charge in [0.05, 0.1) is 28.1 Å². The summed E-state index contributed by atoms with van der Waals surface area (Å²) in [5.74, 6) is 0.541. The van der Waals surface area contributed by atoms with Crippen LogP contribution in [0.25, 0.3) is 11.3 Å². The molecule has 1 saturated carbocycles. The lowest BCUT2D eigenvalue weighted by molar-refractivity contribution is -0.384. The molecule has 9 nitrogen and oxygen atoms in total. The van der Waals surface area contributed by atoms with E-state index in [9.17, 15) is 36.5 Å². The third-order valence-corrected chi connectivity index (χ3v) is 8.35. The van der Waals surface area contributed by atoms with Crippen molar-refractivity contribution in [1.29, 1.82) is 0 Å². The van der Waals surface area contributed by atoms with Gasteiger partial charge in [-0.25, -0.2) is 13.4 Å². The lowest BCUT2D eigenvalue weighted by Gasteiger charge is -2.43. The number of alkyl halides is 3. The van der Waals surface area contributed by atoms with Gasteiger partial charge >= 0.3 is 6.18 Å². The van der Waals surface area contributed by atoms with Crippen LogP contribution < -0.4 is 5.32 Å². The van der Waals surface area contributed by atoms with E-state index in [1.807, 2.05) is 24.3 Å². The van der Waals surface area contributed by atoms with Crippen LogP contribution in [0, 0.1) is 10.1 Å². The van der Waals surface area contributed by atoms with E-state index in [2.05, 4.69) is 10.3 Å². The van der Waals surface area contributed by atoms with Crippen LogP contribution in [0.5, 0.6) is 0 Å². The quantitative estimate of drug-likeness (QED) is 0.160. The number of rotatable bonds is 9. The Bertz CT molecular complexity index is 1670. The molecule has 226 valence electrons. The Labute approximate surface area is 245 Å². The highest BCUT2D eigenvalue weighted by Gasteiger charge is 2.45. The first-order chi connectivity index (χ1) is 20.3. The van der Waals surface area contributed by atoms with Gasteiger partial charge in [-0.05, 0) is 60.9 Å². The van der Waals surface area contributed by atoms with E-state index in [1.165, 1.54) is 30.7 Å². The van der Waals surface area contributed by atoms with Crippen molar-refractivity contribution < 1.29 is 35.7 Å². The third kappa shape index (κ3) is 7.86. The van der Waals surface area contributed by atoms with Crippen molar-refractivity contribution in [3.05, 3.63) is 107 Å². The number of nitro groups is 1. The highest BCUT2D eigenvalue weighted by Crippen LogP contribution is 2.50. The summed E-state index contributed by atoms with van der Waals surface area (Å²) < 4.78 is 67.5. The molecule has 1 aliphatic carbocycles. The van der Waals surface area contributed by atoms with E-state index in [0.29, 0.717) is 18.6 Å². The summed E-state index contributed by atoms with van der Waals surface area (Å²) in [5, 5.41) is 13.3. The number of non-ortho nitro benzene ring substituents is 1. The van der Waals surface area contributed by atoms with Crippen LogP contribution in [0.4, 0.5) is 24.5 Å². The second kappa shape index (κ2) is 12.8. The molecule has 0 radical (unpaired) electrons. The first-order valence-corrected chi connectivity index (χ1v) is 15.0. The van der Waals surface area contributed by atoms with Crippen LogP contribution in [0.15, 0.2) is 94.7 Å². The van der Waals surface area contributed by atoms with Crippen molar-refractivity contribution in [2.45, 2.75) is 42.2 Å². The summed E-state index contributed by atoms with van der Waals surface area (Å²) in [4.78, 5) is 26.2. The molecule has 5 rings (SSSR count). The van der Waals surface area contributed by atoms with Crippen molar-refractivity contribution in [3.8, 4) is 11.3 Å². The fraction of sp³-hybridized carbons (Fsp3) is 0.267. The van der Waals surface area contributed by atoms with Crippen LogP contribution in [0.1, 0.15) is 36.8 Å². The molecule has 1 N–H and O–H groups in total. The van der Waals surface area contributed by atoms with Gasteiger partial charge in [0.1, 0.15) is 0 Å². The number of anilines is 1. The molecular formula is C30H28F3N3O6S. The van der Waals surface area contributed by atoms with Crippen LogP contribution in [-0.2, 0) is 26.2 Å². The molecule has 4 aromatic rings. The lowest BCUT2D eigenvalue weighted by atomic mass is 9.61. The van der Waals surface area contributed by atoms with E-state index in [0.717, 1.165) is 42.1 Å². The monoisotopic (exact) mass is 615 g/mol. The van der Waals surface area contributed by atoms with E-state index >= 15 is 0 Å². The fourth-order valence-electron chi connectivity index (χ4n) is 4.90. The number of oxazole rings is 1. The Balaban J connectivity index is 0.000000273. The minimum Gasteiger partial charge on any atom is -0.444 e. The molecule has 0 unspecified atom stereocenters. The summed E-state index contributed by atoms with van der Waals surface area (Å²) >= 11 is 0. The van der Waals surface area contributed by atoms with Crippen molar-refractivity contribution in [1.82, 2.24) is 4.98 Å². The number of halogens is 3. The molecule has 0 spiro atoms. The molecule has 13 heteroatoms. The average molecular weight is 616 g/mol. The van der Waals surface area contributed by atoms with Gasteiger partial charge < -0.3 is 9.73 Å². The molecule has 0 aliphatic heterocycles. The molecule has 1 heterocycles. The van der Waals surface area contributed by atoms with Crippen molar-refractivity contribution in [2.75, 3.05) is 18.1 Å². The fourth-order valence-corrected chi connectivity index (χ4v) is 5.53.